The molecular weight excluding hydrogens is 288 g/mol. The Morgan fingerprint density at radius 1 is 1.44 bits per heavy atom. The number of carbonyl (C=O) groups excluding carboxylic acids is 1. The fraction of sp³-hybridized carbons (Fsp3) is 0.300. The van der Waals surface area contributed by atoms with Crippen molar-refractivity contribution in [2.45, 2.75) is 23.9 Å². The average molecular weight is 300 g/mol. The number of nitrogens with one attached hydrogen (secondary N) is 1. The number of hydrogen-bond acceptors (Lipinski definition) is 7. The van der Waals surface area contributed by atoms with Crippen LogP contribution in [0.15, 0.2) is 10.4 Å². The molecule has 0 saturated heterocycles. The van der Waals surface area contributed by atoms with Crippen LogP contribution in [0.5, 0.6) is 0 Å². The molecule has 0 aromatic carbocycles. The number of thioether (sulfide) groups is 1. The highest BCUT2D eigenvalue weighted by Crippen LogP contribution is 2.30. The Balaban J connectivity index is 2.05. The Bertz CT molecular complexity index is 563. The first kappa shape index (κ1) is 13.5. The molecule has 2 heterocycles. The predicted molar refractivity (Wildman–Crippen MR) is 74.9 cm³/mol. The minimum atomic E-state index is -0.244. The normalized spacial score (nSPS) is 10.6. The maximum absolute atomic E-state index is 11.4. The Morgan fingerprint density at radius 2 is 2.22 bits per heavy atom. The molecule has 0 unspecified atom stereocenters. The summed E-state index contributed by atoms with van der Waals surface area (Å²) in [6.45, 7) is 3.93. The van der Waals surface area contributed by atoms with Crippen LogP contribution in [-0.2, 0) is 5.75 Å². The third-order valence-corrected chi connectivity index (χ3v) is 5.35. The first-order valence-corrected chi connectivity index (χ1v) is 7.75. The molecule has 0 aliphatic carbocycles. The van der Waals surface area contributed by atoms with E-state index in [4.69, 9.17) is 5.84 Å². The largest absolute Gasteiger partial charge is 0.289 e. The highest BCUT2D eigenvalue weighted by atomic mass is 32.2. The third kappa shape index (κ3) is 3.08. The second-order valence-electron chi connectivity index (χ2n) is 3.54. The molecule has 0 aliphatic heterocycles. The Morgan fingerprint density at radius 3 is 2.83 bits per heavy atom. The molecule has 0 aliphatic rings. The molecule has 0 saturated carbocycles. The Hall–Kier alpha value is -0.960. The number of nitrogens with zero attached hydrogens (tertiary/aromatic N) is 2. The number of aryl methyl sites for hydroxylation is 2. The average Bonchev–Trinajstić information content (AvgIpc) is 2.92. The number of aromatic nitrogens is 2. The molecule has 96 valence electrons. The summed E-state index contributed by atoms with van der Waals surface area (Å²) in [4.78, 5) is 13.2. The zero-order chi connectivity index (χ0) is 13.1. The Labute approximate surface area is 117 Å². The summed E-state index contributed by atoms with van der Waals surface area (Å²) in [7, 11) is 0. The molecule has 3 N–H and O–H groups in total. The van der Waals surface area contributed by atoms with Gasteiger partial charge in [0.15, 0.2) is 4.34 Å². The van der Waals surface area contributed by atoms with Crippen molar-refractivity contribution in [3.05, 3.63) is 26.4 Å². The Kier molecular flexibility index (Phi) is 4.33. The third-order valence-electron chi connectivity index (χ3n) is 2.23. The molecule has 0 radical (unpaired) electrons. The standard InChI is InChI=1S/C10H12N4OS3/c1-5-7(3-8(17-5)9(15)12-11)4-16-10-14-13-6(2)18-10/h3H,4,11H2,1-2H3,(H,12,15). The number of nitrogens with two attached hydrogens (primary N) is 1. The van der Waals surface area contributed by atoms with E-state index >= 15 is 0 Å². The molecular formula is C10H12N4OS3. The van der Waals surface area contributed by atoms with Crippen molar-refractivity contribution in [3.8, 4) is 0 Å². The molecule has 2 aromatic rings. The lowest BCUT2D eigenvalue weighted by Crippen LogP contribution is -2.29. The molecule has 0 fully saturated rings. The van der Waals surface area contributed by atoms with Crippen molar-refractivity contribution in [3.63, 3.8) is 0 Å². The van der Waals surface area contributed by atoms with Crippen molar-refractivity contribution in [2.24, 2.45) is 5.84 Å². The molecule has 18 heavy (non-hydrogen) atoms. The summed E-state index contributed by atoms with van der Waals surface area (Å²) in [5, 5.41) is 8.98. The van der Waals surface area contributed by atoms with E-state index in [0.29, 0.717) is 4.88 Å². The maximum Gasteiger partial charge on any atom is 0.275 e. The molecule has 2 rings (SSSR count). The van der Waals surface area contributed by atoms with Gasteiger partial charge in [0, 0.05) is 10.6 Å². The summed E-state index contributed by atoms with van der Waals surface area (Å²) in [6.07, 6.45) is 0. The molecule has 1 amide bonds. The first-order valence-electron chi connectivity index (χ1n) is 5.13. The summed E-state index contributed by atoms with van der Waals surface area (Å²) in [6, 6.07) is 1.88. The molecule has 0 spiro atoms. The lowest BCUT2D eigenvalue weighted by molar-refractivity contribution is 0.0957. The van der Waals surface area contributed by atoms with Crippen molar-refractivity contribution in [1.82, 2.24) is 15.6 Å². The number of nitrogen functional groups attached to an aromatic ring is 1. The number of amides is 1. The number of hydrogen-bond donors (Lipinski definition) is 2. The van der Waals surface area contributed by atoms with Crippen LogP contribution in [0.1, 0.15) is 25.1 Å². The molecule has 0 bridgehead atoms. The molecule has 0 atom stereocenters. The number of thiophene rings is 1. The topological polar surface area (TPSA) is 80.9 Å². The fourth-order valence-electron chi connectivity index (χ4n) is 1.32. The van der Waals surface area contributed by atoms with E-state index < -0.39 is 0 Å². The number of hydrazine groups is 1. The van der Waals surface area contributed by atoms with Crippen molar-refractivity contribution in [1.29, 1.82) is 0 Å². The maximum atomic E-state index is 11.4. The quantitative estimate of drug-likeness (QED) is 0.391. The van der Waals surface area contributed by atoms with Gasteiger partial charge >= 0.3 is 0 Å². The van der Waals surface area contributed by atoms with E-state index in [-0.39, 0.29) is 5.91 Å². The van der Waals surface area contributed by atoms with Gasteiger partial charge in [-0.3, -0.25) is 10.2 Å². The van der Waals surface area contributed by atoms with Gasteiger partial charge < -0.3 is 0 Å². The van der Waals surface area contributed by atoms with Crippen molar-refractivity contribution in [2.75, 3.05) is 0 Å². The van der Waals surface area contributed by atoms with Gasteiger partial charge in [0.2, 0.25) is 0 Å². The van der Waals surface area contributed by atoms with Gasteiger partial charge in [0.05, 0.1) is 4.88 Å². The van der Waals surface area contributed by atoms with E-state index in [9.17, 15) is 4.79 Å². The summed E-state index contributed by atoms with van der Waals surface area (Å²) < 4.78 is 0.947. The van der Waals surface area contributed by atoms with Gasteiger partial charge in [0.25, 0.3) is 5.91 Å². The van der Waals surface area contributed by atoms with Gasteiger partial charge in [-0.25, -0.2) is 5.84 Å². The SMILES string of the molecule is Cc1nnc(SCc2cc(C(=O)NN)sc2C)s1. The van der Waals surface area contributed by atoms with E-state index in [1.54, 1.807) is 23.1 Å². The van der Waals surface area contributed by atoms with Gasteiger partial charge in [0.1, 0.15) is 5.01 Å². The van der Waals surface area contributed by atoms with Crippen LogP contribution < -0.4 is 11.3 Å². The summed E-state index contributed by atoms with van der Waals surface area (Å²) in [5.41, 5.74) is 3.28. The van der Waals surface area contributed by atoms with Crippen LogP contribution in [0.25, 0.3) is 0 Å². The van der Waals surface area contributed by atoms with Gasteiger partial charge in [-0.15, -0.1) is 21.5 Å². The summed E-state index contributed by atoms with van der Waals surface area (Å²) >= 11 is 4.65. The van der Waals surface area contributed by atoms with E-state index in [1.165, 1.54) is 11.3 Å². The summed E-state index contributed by atoms with van der Waals surface area (Å²) in [5.74, 6) is 5.66. The van der Waals surface area contributed by atoms with Gasteiger partial charge in [-0.1, -0.05) is 23.1 Å². The predicted octanol–water partition coefficient (Wildman–Crippen LogP) is 2.11. The second-order valence-corrected chi connectivity index (χ2v) is 7.20. The monoisotopic (exact) mass is 300 g/mol. The van der Waals surface area contributed by atoms with Crippen LogP contribution in [-0.4, -0.2) is 16.1 Å². The van der Waals surface area contributed by atoms with E-state index in [0.717, 1.165) is 25.5 Å². The molecule has 8 heteroatoms. The van der Waals surface area contributed by atoms with Crippen molar-refractivity contribution < 1.29 is 4.79 Å². The second kappa shape index (κ2) is 5.79. The lowest BCUT2D eigenvalue weighted by Gasteiger charge is -1.95. The highest BCUT2D eigenvalue weighted by molar-refractivity contribution is 8.00. The van der Waals surface area contributed by atoms with E-state index in [1.807, 2.05) is 19.9 Å². The smallest absolute Gasteiger partial charge is 0.275 e. The number of carbonyl (C=O) groups is 1. The first-order chi connectivity index (χ1) is 8.60. The van der Waals surface area contributed by atoms with Crippen LogP contribution in [0.4, 0.5) is 0 Å². The minimum Gasteiger partial charge on any atom is -0.289 e. The van der Waals surface area contributed by atoms with E-state index in [2.05, 4.69) is 15.6 Å². The molecule has 5 nitrogen and oxygen atoms in total. The molecule has 2 aromatic heterocycles. The zero-order valence-electron chi connectivity index (χ0n) is 9.89. The van der Waals surface area contributed by atoms with Crippen LogP contribution >= 0.6 is 34.4 Å². The highest BCUT2D eigenvalue weighted by Gasteiger charge is 2.12. The van der Waals surface area contributed by atoms with Crippen LogP contribution in [0, 0.1) is 13.8 Å². The van der Waals surface area contributed by atoms with Gasteiger partial charge in [-0.2, -0.15) is 0 Å². The van der Waals surface area contributed by atoms with Crippen molar-refractivity contribution >= 4 is 40.3 Å². The fourth-order valence-corrected chi connectivity index (χ4v) is 4.23. The van der Waals surface area contributed by atoms with Crippen LogP contribution in [0.2, 0.25) is 0 Å². The zero-order valence-corrected chi connectivity index (χ0v) is 12.3. The van der Waals surface area contributed by atoms with Crippen LogP contribution in [0.3, 0.4) is 0 Å². The van der Waals surface area contributed by atoms with Gasteiger partial charge in [-0.05, 0) is 25.5 Å². The number of rotatable bonds is 4. The lowest BCUT2D eigenvalue weighted by atomic mass is 10.3. The minimum absolute atomic E-state index is 0.244.